The van der Waals surface area contributed by atoms with Gasteiger partial charge in [0.05, 0.1) is 6.10 Å². The highest BCUT2D eigenvalue weighted by Crippen LogP contribution is 2.27. The van der Waals surface area contributed by atoms with E-state index in [0.29, 0.717) is 6.10 Å². The molecule has 2 nitrogen and oxygen atoms in total. The fraction of sp³-hybridized carbons (Fsp3) is 0.538. The first-order chi connectivity index (χ1) is 7.24. The third-order valence-electron chi connectivity index (χ3n) is 3.07. The van der Waals surface area contributed by atoms with E-state index >= 15 is 0 Å². The van der Waals surface area contributed by atoms with Gasteiger partial charge >= 0.3 is 0 Å². The number of anilines is 1. The lowest BCUT2D eigenvalue weighted by molar-refractivity contribution is 0.129. The van der Waals surface area contributed by atoms with Crippen molar-refractivity contribution in [3.05, 3.63) is 24.3 Å². The molecule has 0 aromatic heterocycles. The normalized spacial score (nSPS) is 26.2. The molecule has 82 valence electrons. The summed E-state index contributed by atoms with van der Waals surface area (Å²) in [5.41, 5.74) is 6.42. The Hall–Kier alpha value is -1.18. The van der Waals surface area contributed by atoms with E-state index < -0.39 is 0 Å². The SMILES string of the molecule is CC1CCCC(Oc2ccc(N)cc2)C1. The molecule has 0 heterocycles. The quantitative estimate of drug-likeness (QED) is 0.752. The van der Waals surface area contributed by atoms with Gasteiger partial charge in [0, 0.05) is 5.69 Å². The Balaban J connectivity index is 1.93. The van der Waals surface area contributed by atoms with Crippen molar-refractivity contribution in [2.75, 3.05) is 5.73 Å². The molecule has 2 atom stereocenters. The van der Waals surface area contributed by atoms with Gasteiger partial charge in [-0.15, -0.1) is 0 Å². The van der Waals surface area contributed by atoms with Crippen LogP contribution in [0.2, 0.25) is 0 Å². The monoisotopic (exact) mass is 205 g/mol. The molecule has 15 heavy (non-hydrogen) atoms. The highest BCUT2D eigenvalue weighted by molar-refractivity contribution is 5.41. The third kappa shape index (κ3) is 2.88. The Labute approximate surface area is 91.4 Å². The molecule has 2 rings (SSSR count). The summed E-state index contributed by atoms with van der Waals surface area (Å²) in [7, 11) is 0. The Morgan fingerprint density at radius 3 is 2.60 bits per heavy atom. The van der Waals surface area contributed by atoms with Crippen molar-refractivity contribution in [2.24, 2.45) is 5.92 Å². The summed E-state index contributed by atoms with van der Waals surface area (Å²) in [6.07, 6.45) is 5.42. The van der Waals surface area contributed by atoms with Crippen LogP contribution in [0, 0.1) is 5.92 Å². The van der Waals surface area contributed by atoms with Gasteiger partial charge in [-0.05, 0) is 49.4 Å². The van der Waals surface area contributed by atoms with Crippen LogP contribution >= 0.6 is 0 Å². The van der Waals surface area contributed by atoms with Gasteiger partial charge in [0.1, 0.15) is 5.75 Å². The molecule has 0 saturated heterocycles. The predicted molar refractivity (Wildman–Crippen MR) is 62.9 cm³/mol. The van der Waals surface area contributed by atoms with Crippen LogP contribution in [0.3, 0.4) is 0 Å². The van der Waals surface area contributed by atoms with E-state index in [9.17, 15) is 0 Å². The van der Waals surface area contributed by atoms with Gasteiger partial charge in [-0.1, -0.05) is 13.3 Å². The topological polar surface area (TPSA) is 35.2 Å². The Morgan fingerprint density at radius 1 is 1.20 bits per heavy atom. The summed E-state index contributed by atoms with van der Waals surface area (Å²) in [6.45, 7) is 2.30. The molecule has 0 radical (unpaired) electrons. The molecule has 1 aliphatic rings. The van der Waals surface area contributed by atoms with Crippen LogP contribution in [-0.2, 0) is 0 Å². The van der Waals surface area contributed by atoms with Crippen LogP contribution in [0.5, 0.6) is 5.75 Å². The average molecular weight is 205 g/mol. The van der Waals surface area contributed by atoms with Gasteiger partial charge in [0.15, 0.2) is 0 Å². The number of hydrogen-bond acceptors (Lipinski definition) is 2. The highest BCUT2D eigenvalue weighted by atomic mass is 16.5. The highest BCUT2D eigenvalue weighted by Gasteiger charge is 2.19. The average Bonchev–Trinajstić information content (AvgIpc) is 2.22. The first kappa shape index (κ1) is 10.3. The van der Waals surface area contributed by atoms with Gasteiger partial charge in [-0.2, -0.15) is 0 Å². The van der Waals surface area contributed by atoms with E-state index in [1.807, 2.05) is 24.3 Å². The lowest BCUT2D eigenvalue weighted by atomic mass is 9.89. The fourth-order valence-electron chi connectivity index (χ4n) is 2.22. The third-order valence-corrected chi connectivity index (χ3v) is 3.07. The molecular formula is C13H19NO. The summed E-state index contributed by atoms with van der Waals surface area (Å²) in [5.74, 6) is 1.75. The zero-order valence-electron chi connectivity index (χ0n) is 9.28. The fourth-order valence-corrected chi connectivity index (χ4v) is 2.22. The van der Waals surface area contributed by atoms with Gasteiger partial charge < -0.3 is 10.5 Å². The van der Waals surface area contributed by atoms with Gasteiger partial charge in [0.2, 0.25) is 0 Å². The van der Waals surface area contributed by atoms with E-state index in [1.165, 1.54) is 25.7 Å². The van der Waals surface area contributed by atoms with Crippen LogP contribution in [-0.4, -0.2) is 6.10 Å². The minimum absolute atomic E-state index is 0.400. The molecule has 2 unspecified atom stereocenters. The number of nitrogens with two attached hydrogens (primary N) is 1. The molecule has 1 aliphatic carbocycles. The number of ether oxygens (including phenoxy) is 1. The molecule has 1 aromatic carbocycles. The summed E-state index contributed by atoms with van der Waals surface area (Å²) in [4.78, 5) is 0. The van der Waals surface area contributed by atoms with Crippen LogP contribution in [0.25, 0.3) is 0 Å². The maximum atomic E-state index is 5.93. The van der Waals surface area contributed by atoms with Crippen LogP contribution in [0.4, 0.5) is 5.69 Å². The van der Waals surface area contributed by atoms with Gasteiger partial charge in [0.25, 0.3) is 0 Å². The first-order valence-corrected chi connectivity index (χ1v) is 5.76. The summed E-state index contributed by atoms with van der Waals surface area (Å²) in [5, 5.41) is 0. The van der Waals surface area contributed by atoms with Crippen molar-refractivity contribution in [1.29, 1.82) is 0 Å². The Bertz CT molecular complexity index is 307. The first-order valence-electron chi connectivity index (χ1n) is 5.76. The number of rotatable bonds is 2. The van der Waals surface area contributed by atoms with E-state index in [4.69, 9.17) is 10.5 Å². The van der Waals surface area contributed by atoms with Crippen molar-refractivity contribution >= 4 is 5.69 Å². The molecule has 2 N–H and O–H groups in total. The minimum Gasteiger partial charge on any atom is -0.490 e. The molecule has 0 bridgehead atoms. The zero-order chi connectivity index (χ0) is 10.7. The van der Waals surface area contributed by atoms with Crippen molar-refractivity contribution in [1.82, 2.24) is 0 Å². The molecular weight excluding hydrogens is 186 g/mol. The second-order valence-electron chi connectivity index (χ2n) is 4.58. The lowest BCUT2D eigenvalue weighted by Crippen LogP contribution is -2.23. The number of nitrogen functional groups attached to an aromatic ring is 1. The van der Waals surface area contributed by atoms with Crippen LogP contribution in [0.15, 0.2) is 24.3 Å². The van der Waals surface area contributed by atoms with E-state index in [-0.39, 0.29) is 0 Å². The van der Waals surface area contributed by atoms with Crippen molar-refractivity contribution in [3.8, 4) is 5.75 Å². The van der Waals surface area contributed by atoms with Crippen LogP contribution < -0.4 is 10.5 Å². The smallest absolute Gasteiger partial charge is 0.119 e. The summed E-state index contributed by atoms with van der Waals surface area (Å²) < 4.78 is 5.93. The van der Waals surface area contributed by atoms with Crippen molar-refractivity contribution in [2.45, 2.75) is 38.7 Å². The van der Waals surface area contributed by atoms with Crippen molar-refractivity contribution < 1.29 is 4.74 Å². The molecule has 1 fully saturated rings. The van der Waals surface area contributed by atoms with Gasteiger partial charge in [-0.3, -0.25) is 0 Å². The molecule has 1 aromatic rings. The standard InChI is InChI=1S/C13H19NO/c1-10-3-2-4-13(9-10)15-12-7-5-11(14)6-8-12/h5-8,10,13H,2-4,9,14H2,1H3. The van der Waals surface area contributed by atoms with E-state index in [2.05, 4.69) is 6.92 Å². The minimum atomic E-state index is 0.400. The molecule has 0 spiro atoms. The Morgan fingerprint density at radius 2 is 1.93 bits per heavy atom. The van der Waals surface area contributed by atoms with Gasteiger partial charge in [-0.25, -0.2) is 0 Å². The second kappa shape index (κ2) is 4.56. The van der Waals surface area contributed by atoms with E-state index in [0.717, 1.165) is 17.4 Å². The summed E-state index contributed by atoms with van der Waals surface area (Å²) in [6, 6.07) is 7.69. The predicted octanol–water partition coefficient (Wildman–Crippen LogP) is 3.23. The largest absolute Gasteiger partial charge is 0.490 e. The molecule has 0 aliphatic heterocycles. The Kier molecular flexibility index (Phi) is 3.14. The molecule has 2 heteroatoms. The lowest BCUT2D eigenvalue weighted by Gasteiger charge is -2.27. The zero-order valence-corrected chi connectivity index (χ0v) is 9.28. The molecule has 0 amide bonds. The maximum Gasteiger partial charge on any atom is 0.119 e. The van der Waals surface area contributed by atoms with Crippen LogP contribution in [0.1, 0.15) is 32.6 Å². The maximum absolute atomic E-state index is 5.93. The molecule has 1 saturated carbocycles. The van der Waals surface area contributed by atoms with E-state index in [1.54, 1.807) is 0 Å². The second-order valence-corrected chi connectivity index (χ2v) is 4.58. The number of benzene rings is 1. The van der Waals surface area contributed by atoms with Crippen molar-refractivity contribution in [3.63, 3.8) is 0 Å². The number of hydrogen-bond donors (Lipinski definition) is 1. The summed E-state index contributed by atoms with van der Waals surface area (Å²) >= 11 is 0.